The summed E-state index contributed by atoms with van der Waals surface area (Å²) in [6.45, 7) is 6.61. The molecule has 1 unspecified atom stereocenters. The largest absolute Gasteiger partial charge is 0.412 e. The minimum atomic E-state index is -0.242. The third-order valence-electron chi connectivity index (χ3n) is 5.17. The fraction of sp³-hybridized carbons (Fsp3) is 0.429. The van der Waals surface area contributed by atoms with Crippen molar-refractivity contribution in [3.8, 4) is 0 Å². The van der Waals surface area contributed by atoms with Crippen molar-refractivity contribution in [1.82, 2.24) is 4.90 Å². The number of anilines is 1. The van der Waals surface area contributed by atoms with E-state index in [1.165, 1.54) is 24.3 Å². The zero-order valence-electron chi connectivity index (χ0n) is 16.2. The van der Waals surface area contributed by atoms with Crippen molar-refractivity contribution >= 4 is 30.5 Å². The van der Waals surface area contributed by atoms with Gasteiger partial charge >= 0.3 is 0 Å². The minimum absolute atomic E-state index is 0. The highest BCUT2D eigenvalue weighted by Gasteiger charge is 2.28. The Labute approximate surface area is 178 Å². The number of nitrogens with zero attached hydrogens (tertiary/aromatic N) is 1. The Bertz CT molecular complexity index is 676. The number of piperidine rings is 1. The molecule has 0 saturated carbocycles. The molecular formula is C21H30Cl2F2N2O. The average molecular weight is 435 g/mol. The topological polar surface area (TPSA) is 46.8 Å². The van der Waals surface area contributed by atoms with Crippen LogP contribution in [0.15, 0.2) is 48.5 Å². The van der Waals surface area contributed by atoms with Crippen LogP contribution in [-0.2, 0) is 0 Å². The van der Waals surface area contributed by atoms with Crippen LogP contribution in [0.4, 0.5) is 14.5 Å². The van der Waals surface area contributed by atoms with Crippen LogP contribution in [0.2, 0.25) is 0 Å². The number of hydrogen-bond donors (Lipinski definition) is 1. The molecule has 2 aromatic rings. The molecule has 1 saturated heterocycles. The van der Waals surface area contributed by atoms with Gasteiger partial charge in [0, 0.05) is 11.7 Å². The van der Waals surface area contributed by atoms with Crippen LogP contribution in [0.25, 0.3) is 0 Å². The van der Waals surface area contributed by atoms with Crippen LogP contribution < -0.4 is 5.32 Å². The zero-order valence-corrected chi connectivity index (χ0v) is 17.8. The first kappa shape index (κ1) is 26.6. The van der Waals surface area contributed by atoms with Gasteiger partial charge in [-0.3, -0.25) is 0 Å². The molecule has 3 rings (SSSR count). The molecule has 0 spiro atoms. The average Bonchev–Trinajstić information content (AvgIpc) is 2.62. The quantitative estimate of drug-likeness (QED) is 0.697. The lowest BCUT2D eigenvalue weighted by Crippen LogP contribution is -2.40. The lowest BCUT2D eigenvalue weighted by Gasteiger charge is -2.38. The minimum Gasteiger partial charge on any atom is -0.412 e. The molecule has 0 amide bonds. The molecule has 2 aromatic carbocycles. The molecule has 28 heavy (non-hydrogen) atoms. The molecule has 1 aliphatic heterocycles. The molecule has 0 aromatic heterocycles. The zero-order chi connectivity index (χ0) is 17.8. The van der Waals surface area contributed by atoms with Gasteiger partial charge in [-0.15, -0.1) is 24.8 Å². The molecule has 1 heterocycles. The summed E-state index contributed by atoms with van der Waals surface area (Å²) in [7, 11) is 0. The predicted molar refractivity (Wildman–Crippen MR) is 117 cm³/mol. The van der Waals surface area contributed by atoms with Crippen LogP contribution in [0.5, 0.6) is 0 Å². The van der Waals surface area contributed by atoms with E-state index in [2.05, 4.69) is 24.1 Å². The van der Waals surface area contributed by atoms with Crippen molar-refractivity contribution in [2.45, 2.75) is 38.8 Å². The summed E-state index contributed by atoms with van der Waals surface area (Å²) in [6.07, 6.45) is 2.18. The lowest BCUT2D eigenvalue weighted by molar-refractivity contribution is 0.141. The third kappa shape index (κ3) is 6.89. The van der Waals surface area contributed by atoms with Gasteiger partial charge in [0.1, 0.15) is 11.6 Å². The Kier molecular flexibility index (Phi) is 11.6. The fourth-order valence-corrected chi connectivity index (χ4v) is 3.64. The van der Waals surface area contributed by atoms with Gasteiger partial charge in [-0.2, -0.15) is 0 Å². The van der Waals surface area contributed by atoms with Crippen molar-refractivity contribution in [2.75, 3.05) is 18.4 Å². The molecule has 1 aliphatic rings. The standard InChI is InChI=1S/C21H26F2N2.2ClH.H2O/c1-15(2)25-13-11-17(12-14-25)21(16-3-5-18(22)6-4-16)24-20-9-7-19(23)8-10-20;;;/h3-10,15,17,21,24H,11-14H2,1-2H3;2*1H;1H2. The van der Waals surface area contributed by atoms with E-state index in [0.29, 0.717) is 12.0 Å². The van der Waals surface area contributed by atoms with E-state index < -0.39 is 0 Å². The van der Waals surface area contributed by atoms with Gasteiger partial charge in [0.05, 0.1) is 6.04 Å². The van der Waals surface area contributed by atoms with E-state index in [4.69, 9.17) is 0 Å². The number of halogens is 4. The number of benzene rings is 2. The van der Waals surface area contributed by atoms with E-state index in [9.17, 15) is 8.78 Å². The molecule has 1 atom stereocenters. The van der Waals surface area contributed by atoms with Gasteiger partial charge in [0.25, 0.3) is 0 Å². The Morgan fingerprint density at radius 1 is 0.857 bits per heavy atom. The molecule has 158 valence electrons. The second kappa shape index (κ2) is 12.2. The molecule has 1 fully saturated rings. The Balaban J connectivity index is 0.00000243. The number of rotatable bonds is 5. The first-order chi connectivity index (χ1) is 12.0. The van der Waals surface area contributed by atoms with Gasteiger partial charge < -0.3 is 15.7 Å². The first-order valence-corrected chi connectivity index (χ1v) is 9.04. The normalized spacial score (nSPS) is 15.8. The third-order valence-corrected chi connectivity index (χ3v) is 5.17. The van der Waals surface area contributed by atoms with Crippen LogP contribution in [-0.4, -0.2) is 29.5 Å². The fourth-order valence-electron chi connectivity index (χ4n) is 3.64. The van der Waals surface area contributed by atoms with Gasteiger partial charge in [0.2, 0.25) is 0 Å². The van der Waals surface area contributed by atoms with Crippen molar-refractivity contribution in [1.29, 1.82) is 0 Å². The monoisotopic (exact) mass is 434 g/mol. The van der Waals surface area contributed by atoms with Crippen LogP contribution >= 0.6 is 24.8 Å². The molecular weight excluding hydrogens is 405 g/mol. The van der Waals surface area contributed by atoms with Crippen molar-refractivity contribution in [3.05, 3.63) is 65.7 Å². The number of nitrogens with one attached hydrogen (secondary N) is 1. The van der Waals surface area contributed by atoms with E-state index in [1.807, 2.05) is 12.1 Å². The Morgan fingerprint density at radius 3 is 1.79 bits per heavy atom. The van der Waals surface area contributed by atoms with E-state index >= 15 is 0 Å². The first-order valence-electron chi connectivity index (χ1n) is 9.04. The molecule has 7 heteroatoms. The highest BCUT2D eigenvalue weighted by atomic mass is 35.5. The van der Waals surface area contributed by atoms with Crippen molar-refractivity contribution in [3.63, 3.8) is 0 Å². The molecule has 3 nitrogen and oxygen atoms in total. The molecule has 0 radical (unpaired) electrons. The molecule has 0 aliphatic carbocycles. The van der Waals surface area contributed by atoms with Crippen molar-refractivity contribution in [2.24, 2.45) is 5.92 Å². The maximum Gasteiger partial charge on any atom is 0.123 e. The predicted octanol–water partition coefficient (Wildman–Crippen LogP) is 5.26. The summed E-state index contributed by atoms with van der Waals surface area (Å²) in [4.78, 5) is 2.50. The van der Waals surface area contributed by atoms with Gasteiger partial charge in [-0.1, -0.05) is 12.1 Å². The highest BCUT2D eigenvalue weighted by molar-refractivity contribution is 5.85. The Morgan fingerprint density at radius 2 is 1.32 bits per heavy atom. The maximum absolute atomic E-state index is 13.3. The smallest absolute Gasteiger partial charge is 0.123 e. The maximum atomic E-state index is 13.3. The highest BCUT2D eigenvalue weighted by Crippen LogP contribution is 2.34. The summed E-state index contributed by atoms with van der Waals surface area (Å²) >= 11 is 0. The van der Waals surface area contributed by atoms with Gasteiger partial charge in [0.15, 0.2) is 0 Å². The summed E-state index contributed by atoms with van der Waals surface area (Å²) in [5.41, 5.74) is 1.97. The van der Waals surface area contributed by atoms with Crippen LogP contribution in [0.1, 0.15) is 38.3 Å². The van der Waals surface area contributed by atoms with E-state index in [0.717, 1.165) is 37.2 Å². The number of hydrogen-bond acceptors (Lipinski definition) is 2. The SMILES string of the molecule is CC(C)N1CCC(C(Nc2ccc(F)cc2)c2ccc(F)cc2)CC1.Cl.Cl.O. The number of likely N-dealkylation sites (tertiary alicyclic amines) is 1. The molecule has 3 N–H and O–H groups in total. The van der Waals surface area contributed by atoms with E-state index in [-0.39, 0.29) is 48.0 Å². The summed E-state index contributed by atoms with van der Waals surface area (Å²) in [6, 6.07) is 13.8. The van der Waals surface area contributed by atoms with Crippen molar-refractivity contribution < 1.29 is 14.3 Å². The summed E-state index contributed by atoms with van der Waals surface area (Å²) in [5, 5.41) is 3.55. The second-order valence-electron chi connectivity index (χ2n) is 7.15. The second-order valence-corrected chi connectivity index (χ2v) is 7.15. The van der Waals surface area contributed by atoms with Gasteiger partial charge in [-0.25, -0.2) is 8.78 Å². The Hall–Kier alpha value is -1.40. The lowest BCUT2D eigenvalue weighted by atomic mass is 9.84. The van der Waals surface area contributed by atoms with E-state index in [1.54, 1.807) is 12.1 Å². The van der Waals surface area contributed by atoms with Crippen LogP contribution in [0, 0.1) is 17.6 Å². The summed E-state index contributed by atoms with van der Waals surface area (Å²) in [5.74, 6) is -0.00135. The van der Waals surface area contributed by atoms with Gasteiger partial charge in [-0.05, 0) is 87.7 Å². The van der Waals surface area contributed by atoms with Crippen LogP contribution in [0.3, 0.4) is 0 Å². The summed E-state index contributed by atoms with van der Waals surface area (Å²) < 4.78 is 26.5. The molecule has 0 bridgehead atoms.